The number of aromatic nitrogens is 2. The molecule has 3 nitrogen and oxygen atoms in total. The van der Waals surface area contributed by atoms with Crippen molar-refractivity contribution < 1.29 is 0 Å². The van der Waals surface area contributed by atoms with Gasteiger partial charge in [-0.3, -0.25) is 4.68 Å². The van der Waals surface area contributed by atoms with Gasteiger partial charge in [0.2, 0.25) is 0 Å². The Morgan fingerprint density at radius 3 is 2.63 bits per heavy atom. The molecule has 1 N–H and O–H groups in total. The molecule has 0 unspecified atom stereocenters. The standard InChI is InChI=1S/C16H21N3/c1-17-11-14-12-18-19(15-9-5-6-10-15)16(14)13-7-3-2-4-8-13/h2-4,7-8,12,15,17H,5-6,9-11H2,1H3. The van der Waals surface area contributed by atoms with E-state index in [4.69, 9.17) is 0 Å². The van der Waals surface area contributed by atoms with E-state index in [9.17, 15) is 0 Å². The third-order valence-electron chi connectivity index (χ3n) is 3.96. The van der Waals surface area contributed by atoms with Gasteiger partial charge in [0, 0.05) is 17.7 Å². The van der Waals surface area contributed by atoms with Gasteiger partial charge in [-0.2, -0.15) is 5.10 Å². The second-order valence-corrected chi connectivity index (χ2v) is 5.30. The average Bonchev–Trinajstić information content (AvgIpc) is 3.08. The van der Waals surface area contributed by atoms with Gasteiger partial charge < -0.3 is 5.32 Å². The molecule has 0 aliphatic heterocycles. The number of hydrogen-bond acceptors (Lipinski definition) is 2. The van der Waals surface area contributed by atoms with Crippen LogP contribution in [0.3, 0.4) is 0 Å². The maximum Gasteiger partial charge on any atom is 0.0730 e. The van der Waals surface area contributed by atoms with Crippen molar-refractivity contribution in [3.05, 3.63) is 42.1 Å². The zero-order chi connectivity index (χ0) is 13.1. The van der Waals surface area contributed by atoms with Crippen molar-refractivity contribution in [1.29, 1.82) is 0 Å². The maximum absolute atomic E-state index is 4.67. The van der Waals surface area contributed by atoms with Gasteiger partial charge in [-0.05, 0) is 19.9 Å². The van der Waals surface area contributed by atoms with E-state index in [1.54, 1.807) is 0 Å². The summed E-state index contributed by atoms with van der Waals surface area (Å²) in [4.78, 5) is 0. The molecule has 0 saturated heterocycles. The second kappa shape index (κ2) is 5.57. The Bertz CT molecular complexity index is 524. The molecule has 19 heavy (non-hydrogen) atoms. The number of nitrogens with zero attached hydrogens (tertiary/aromatic N) is 2. The number of benzene rings is 1. The van der Waals surface area contributed by atoms with Crippen molar-refractivity contribution in [3.8, 4) is 11.3 Å². The minimum absolute atomic E-state index is 0.584. The maximum atomic E-state index is 4.67. The molecule has 0 radical (unpaired) electrons. The summed E-state index contributed by atoms with van der Waals surface area (Å²) in [5.41, 5.74) is 3.86. The summed E-state index contributed by atoms with van der Waals surface area (Å²) < 4.78 is 2.26. The second-order valence-electron chi connectivity index (χ2n) is 5.30. The van der Waals surface area contributed by atoms with Crippen molar-refractivity contribution in [2.45, 2.75) is 38.3 Å². The molecule has 1 saturated carbocycles. The molecule has 3 rings (SSSR count). The Labute approximate surface area is 114 Å². The van der Waals surface area contributed by atoms with E-state index in [0.29, 0.717) is 6.04 Å². The van der Waals surface area contributed by atoms with E-state index in [1.165, 1.54) is 42.5 Å². The summed E-state index contributed by atoms with van der Waals surface area (Å²) in [7, 11) is 1.99. The lowest BCUT2D eigenvalue weighted by molar-refractivity contribution is 0.471. The molecule has 1 aromatic carbocycles. The summed E-state index contributed by atoms with van der Waals surface area (Å²) in [5.74, 6) is 0. The van der Waals surface area contributed by atoms with Gasteiger partial charge in [0.15, 0.2) is 0 Å². The fourth-order valence-corrected chi connectivity index (χ4v) is 3.06. The monoisotopic (exact) mass is 255 g/mol. The normalized spacial score (nSPS) is 16.1. The van der Waals surface area contributed by atoms with Crippen molar-refractivity contribution in [2.75, 3.05) is 7.05 Å². The molecule has 0 amide bonds. The quantitative estimate of drug-likeness (QED) is 0.907. The van der Waals surface area contributed by atoms with Crippen LogP contribution < -0.4 is 5.32 Å². The molecule has 1 aliphatic rings. The van der Waals surface area contributed by atoms with Crippen molar-refractivity contribution in [2.24, 2.45) is 0 Å². The van der Waals surface area contributed by atoms with E-state index in [2.05, 4.69) is 45.4 Å². The molecule has 0 spiro atoms. The van der Waals surface area contributed by atoms with E-state index >= 15 is 0 Å². The fraction of sp³-hybridized carbons (Fsp3) is 0.438. The topological polar surface area (TPSA) is 29.9 Å². The zero-order valence-corrected chi connectivity index (χ0v) is 11.5. The third-order valence-corrected chi connectivity index (χ3v) is 3.96. The highest BCUT2D eigenvalue weighted by atomic mass is 15.3. The first-order valence-corrected chi connectivity index (χ1v) is 7.16. The van der Waals surface area contributed by atoms with Crippen LogP contribution in [0.2, 0.25) is 0 Å². The Morgan fingerprint density at radius 2 is 1.95 bits per heavy atom. The van der Waals surface area contributed by atoms with Crippen LogP contribution in [0.5, 0.6) is 0 Å². The molecular weight excluding hydrogens is 234 g/mol. The average molecular weight is 255 g/mol. The van der Waals surface area contributed by atoms with Crippen LogP contribution in [0.15, 0.2) is 36.5 Å². The van der Waals surface area contributed by atoms with E-state index in [0.717, 1.165) is 6.54 Å². The van der Waals surface area contributed by atoms with Crippen LogP contribution in [-0.2, 0) is 6.54 Å². The summed E-state index contributed by atoms with van der Waals surface area (Å²) in [5, 5.41) is 7.91. The lowest BCUT2D eigenvalue weighted by Gasteiger charge is -2.15. The zero-order valence-electron chi connectivity index (χ0n) is 11.5. The predicted octanol–water partition coefficient (Wildman–Crippen LogP) is 3.38. The highest BCUT2D eigenvalue weighted by Crippen LogP contribution is 2.34. The Hall–Kier alpha value is -1.61. The number of hydrogen-bond donors (Lipinski definition) is 1. The Kier molecular flexibility index (Phi) is 3.65. The van der Waals surface area contributed by atoms with Crippen LogP contribution in [-0.4, -0.2) is 16.8 Å². The van der Waals surface area contributed by atoms with Gasteiger partial charge in [-0.25, -0.2) is 0 Å². The van der Waals surface area contributed by atoms with Gasteiger partial charge in [0.05, 0.1) is 17.9 Å². The molecule has 2 aromatic rings. The molecule has 100 valence electrons. The first kappa shape index (κ1) is 12.4. The summed E-state index contributed by atoms with van der Waals surface area (Å²) >= 11 is 0. The lowest BCUT2D eigenvalue weighted by atomic mass is 10.1. The Morgan fingerprint density at radius 1 is 1.21 bits per heavy atom. The molecule has 1 aliphatic carbocycles. The van der Waals surface area contributed by atoms with Crippen molar-refractivity contribution in [3.63, 3.8) is 0 Å². The van der Waals surface area contributed by atoms with Crippen LogP contribution in [0.4, 0.5) is 0 Å². The molecule has 1 heterocycles. The smallest absolute Gasteiger partial charge is 0.0730 e. The molecule has 0 atom stereocenters. The van der Waals surface area contributed by atoms with Crippen LogP contribution in [0.25, 0.3) is 11.3 Å². The molecule has 1 aromatic heterocycles. The van der Waals surface area contributed by atoms with Gasteiger partial charge in [0.1, 0.15) is 0 Å². The van der Waals surface area contributed by atoms with Gasteiger partial charge >= 0.3 is 0 Å². The lowest BCUT2D eigenvalue weighted by Crippen LogP contribution is -2.10. The summed E-state index contributed by atoms with van der Waals surface area (Å²) in [6, 6.07) is 11.2. The van der Waals surface area contributed by atoms with Crippen LogP contribution >= 0.6 is 0 Å². The highest BCUT2D eigenvalue weighted by Gasteiger charge is 2.22. The largest absolute Gasteiger partial charge is 0.316 e. The van der Waals surface area contributed by atoms with Crippen LogP contribution in [0, 0.1) is 0 Å². The molecule has 3 heteroatoms. The predicted molar refractivity (Wildman–Crippen MR) is 77.9 cm³/mol. The SMILES string of the molecule is CNCc1cnn(C2CCCC2)c1-c1ccccc1. The first-order chi connectivity index (χ1) is 9.40. The van der Waals surface area contributed by atoms with E-state index in [-0.39, 0.29) is 0 Å². The van der Waals surface area contributed by atoms with Crippen molar-refractivity contribution >= 4 is 0 Å². The van der Waals surface area contributed by atoms with Gasteiger partial charge in [-0.1, -0.05) is 43.2 Å². The van der Waals surface area contributed by atoms with E-state index in [1.807, 2.05) is 13.2 Å². The first-order valence-electron chi connectivity index (χ1n) is 7.16. The molecular formula is C16H21N3. The molecule has 0 bridgehead atoms. The third kappa shape index (κ3) is 2.43. The molecule has 1 fully saturated rings. The van der Waals surface area contributed by atoms with Crippen molar-refractivity contribution in [1.82, 2.24) is 15.1 Å². The number of rotatable bonds is 4. The minimum Gasteiger partial charge on any atom is -0.316 e. The highest BCUT2D eigenvalue weighted by molar-refractivity contribution is 5.63. The Balaban J connectivity index is 2.05. The van der Waals surface area contributed by atoms with Gasteiger partial charge in [0.25, 0.3) is 0 Å². The van der Waals surface area contributed by atoms with Crippen LogP contribution in [0.1, 0.15) is 37.3 Å². The number of nitrogens with one attached hydrogen (secondary N) is 1. The minimum atomic E-state index is 0.584. The van der Waals surface area contributed by atoms with Gasteiger partial charge in [-0.15, -0.1) is 0 Å². The summed E-state index contributed by atoms with van der Waals surface area (Å²) in [6.45, 7) is 0.872. The fourth-order valence-electron chi connectivity index (χ4n) is 3.06. The summed E-state index contributed by atoms with van der Waals surface area (Å²) in [6.07, 6.45) is 7.22. The van der Waals surface area contributed by atoms with E-state index < -0.39 is 0 Å².